The van der Waals surface area contributed by atoms with Crippen molar-refractivity contribution >= 4 is 32.3 Å². The van der Waals surface area contributed by atoms with Crippen LogP contribution in [0.4, 0.5) is 4.39 Å². The van der Waals surface area contributed by atoms with Gasteiger partial charge in [0.2, 0.25) is 0 Å². The summed E-state index contributed by atoms with van der Waals surface area (Å²) in [7, 11) is -3.45. The summed E-state index contributed by atoms with van der Waals surface area (Å²) in [5.41, 5.74) is 1.52. The minimum atomic E-state index is -3.45. The highest BCUT2D eigenvalue weighted by molar-refractivity contribution is 7.90. The van der Waals surface area contributed by atoms with Crippen LogP contribution < -0.4 is 0 Å². The van der Waals surface area contributed by atoms with Gasteiger partial charge in [-0.2, -0.15) is 5.10 Å². The first-order valence-corrected chi connectivity index (χ1v) is 8.26. The summed E-state index contributed by atoms with van der Waals surface area (Å²) in [5.74, 6) is -0.623. The Hall–Kier alpha value is -1.92. The van der Waals surface area contributed by atoms with Gasteiger partial charge in [0.15, 0.2) is 9.84 Å². The van der Waals surface area contributed by atoms with Crippen LogP contribution in [0.15, 0.2) is 41.4 Å². The van der Waals surface area contributed by atoms with Crippen molar-refractivity contribution in [1.82, 2.24) is 10.2 Å². The van der Waals surface area contributed by atoms with E-state index in [-0.39, 0.29) is 10.5 Å². The van der Waals surface area contributed by atoms with Crippen molar-refractivity contribution in [2.24, 2.45) is 0 Å². The number of H-pyrrole nitrogens is 1. The Morgan fingerprint density at radius 2 is 1.95 bits per heavy atom. The van der Waals surface area contributed by atoms with Crippen molar-refractivity contribution in [3.05, 3.63) is 47.4 Å². The van der Waals surface area contributed by atoms with Crippen LogP contribution in [0, 0.1) is 5.82 Å². The van der Waals surface area contributed by atoms with Crippen LogP contribution in [0.2, 0.25) is 5.02 Å². The van der Waals surface area contributed by atoms with Crippen LogP contribution >= 0.6 is 11.6 Å². The van der Waals surface area contributed by atoms with Gasteiger partial charge in [-0.1, -0.05) is 17.7 Å². The molecule has 0 bridgehead atoms. The molecule has 1 heterocycles. The van der Waals surface area contributed by atoms with Crippen LogP contribution in [0.3, 0.4) is 0 Å². The van der Waals surface area contributed by atoms with E-state index in [1.165, 1.54) is 12.1 Å². The van der Waals surface area contributed by atoms with Gasteiger partial charge in [0.05, 0.1) is 16.6 Å². The molecule has 3 rings (SSSR count). The molecule has 108 valence electrons. The standard InChI is InChI=1S/C14H10ClFN2O2S/c1-21(19,20)9-2-3-10(13(16)6-9)11-4-8(15)5-14-12(11)7-17-18-14/h2-7H,1H3,(H,17,18). The van der Waals surface area contributed by atoms with E-state index in [2.05, 4.69) is 10.2 Å². The van der Waals surface area contributed by atoms with Crippen LogP contribution in [-0.4, -0.2) is 24.9 Å². The molecule has 0 aliphatic carbocycles. The summed E-state index contributed by atoms with van der Waals surface area (Å²) in [6.07, 6.45) is 2.61. The molecule has 0 aliphatic rings. The molecule has 0 saturated carbocycles. The Labute approximate surface area is 125 Å². The SMILES string of the molecule is CS(=O)(=O)c1ccc(-c2cc(Cl)cc3[nH]ncc23)c(F)c1. The monoisotopic (exact) mass is 324 g/mol. The predicted octanol–water partition coefficient (Wildman–Crippen LogP) is 3.43. The van der Waals surface area contributed by atoms with Crippen molar-refractivity contribution in [3.8, 4) is 11.1 Å². The van der Waals surface area contributed by atoms with Gasteiger partial charge in [-0.15, -0.1) is 0 Å². The first kappa shape index (κ1) is 14.0. The lowest BCUT2D eigenvalue weighted by Gasteiger charge is -2.07. The van der Waals surface area contributed by atoms with Crippen molar-refractivity contribution in [3.63, 3.8) is 0 Å². The highest BCUT2D eigenvalue weighted by atomic mass is 35.5. The number of nitrogens with one attached hydrogen (secondary N) is 1. The number of halogens is 2. The Balaban J connectivity index is 2.26. The number of sulfone groups is 1. The fourth-order valence-corrected chi connectivity index (χ4v) is 3.03. The molecule has 1 N–H and O–H groups in total. The molecule has 4 nitrogen and oxygen atoms in total. The zero-order valence-electron chi connectivity index (χ0n) is 10.9. The van der Waals surface area contributed by atoms with E-state index in [1.54, 1.807) is 18.3 Å². The number of hydrogen-bond donors (Lipinski definition) is 1. The molecule has 0 saturated heterocycles. The highest BCUT2D eigenvalue weighted by Gasteiger charge is 2.15. The molecular formula is C14H10ClFN2O2S. The maximum absolute atomic E-state index is 14.3. The Kier molecular flexibility index (Phi) is 3.22. The van der Waals surface area contributed by atoms with Gasteiger partial charge in [0, 0.05) is 22.2 Å². The van der Waals surface area contributed by atoms with Crippen molar-refractivity contribution in [2.75, 3.05) is 6.26 Å². The highest BCUT2D eigenvalue weighted by Crippen LogP contribution is 2.33. The second-order valence-electron chi connectivity index (χ2n) is 4.70. The van der Waals surface area contributed by atoms with Gasteiger partial charge in [-0.05, 0) is 29.8 Å². The van der Waals surface area contributed by atoms with Crippen LogP contribution in [-0.2, 0) is 9.84 Å². The van der Waals surface area contributed by atoms with Crippen LogP contribution in [0.1, 0.15) is 0 Å². The average Bonchev–Trinajstić information content (AvgIpc) is 2.84. The number of fused-ring (bicyclic) bond motifs is 1. The molecular weight excluding hydrogens is 315 g/mol. The quantitative estimate of drug-likeness (QED) is 0.785. The van der Waals surface area contributed by atoms with E-state index in [1.807, 2.05) is 0 Å². The van der Waals surface area contributed by atoms with Crippen molar-refractivity contribution in [2.45, 2.75) is 4.90 Å². The summed E-state index contributed by atoms with van der Waals surface area (Å²) in [5, 5.41) is 7.84. The molecule has 0 aliphatic heterocycles. The first-order chi connectivity index (χ1) is 9.86. The largest absolute Gasteiger partial charge is 0.278 e. The molecule has 0 spiro atoms. The lowest BCUT2D eigenvalue weighted by Crippen LogP contribution is -1.98. The van der Waals surface area contributed by atoms with Gasteiger partial charge in [-0.25, -0.2) is 12.8 Å². The predicted molar refractivity (Wildman–Crippen MR) is 79.6 cm³/mol. The molecule has 0 amide bonds. The van der Waals surface area contributed by atoms with Gasteiger partial charge in [0.25, 0.3) is 0 Å². The second-order valence-corrected chi connectivity index (χ2v) is 7.15. The number of hydrogen-bond acceptors (Lipinski definition) is 3. The summed E-state index contributed by atoms with van der Waals surface area (Å²) in [6.45, 7) is 0. The summed E-state index contributed by atoms with van der Waals surface area (Å²) in [6, 6.07) is 7.13. The fraction of sp³-hybridized carbons (Fsp3) is 0.0714. The van der Waals surface area contributed by atoms with E-state index in [4.69, 9.17) is 11.6 Å². The maximum Gasteiger partial charge on any atom is 0.175 e. The van der Waals surface area contributed by atoms with E-state index in [9.17, 15) is 12.8 Å². The van der Waals surface area contributed by atoms with Crippen LogP contribution in [0.5, 0.6) is 0 Å². The summed E-state index contributed by atoms with van der Waals surface area (Å²) >= 11 is 6.02. The fourth-order valence-electron chi connectivity index (χ4n) is 2.18. The molecule has 0 unspecified atom stereocenters. The molecule has 0 radical (unpaired) electrons. The van der Waals surface area contributed by atoms with Gasteiger partial charge < -0.3 is 0 Å². The smallest absolute Gasteiger partial charge is 0.175 e. The number of nitrogens with zero attached hydrogens (tertiary/aromatic N) is 1. The van der Waals surface area contributed by atoms with Gasteiger partial charge >= 0.3 is 0 Å². The lowest BCUT2D eigenvalue weighted by molar-refractivity contribution is 0.596. The zero-order chi connectivity index (χ0) is 15.2. The number of aromatic nitrogens is 2. The Morgan fingerprint density at radius 1 is 1.19 bits per heavy atom. The number of rotatable bonds is 2. The molecule has 0 fully saturated rings. The third kappa shape index (κ3) is 2.52. The van der Waals surface area contributed by atoms with Gasteiger partial charge in [0.1, 0.15) is 5.82 Å². The van der Waals surface area contributed by atoms with Crippen molar-refractivity contribution < 1.29 is 12.8 Å². The molecule has 7 heteroatoms. The topological polar surface area (TPSA) is 62.8 Å². The number of benzene rings is 2. The average molecular weight is 325 g/mol. The molecule has 3 aromatic rings. The molecule has 21 heavy (non-hydrogen) atoms. The molecule has 2 aromatic carbocycles. The summed E-state index contributed by atoms with van der Waals surface area (Å²) < 4.78 is 37.2. The Bertz CT molecular complexity index is 951. The lowest BCUT2D eigenvalue weighted by atomic mass is 10.0. The summed E-state index contributed by atoms with van der Waals surface area (Å²) in [4.78, 5) is -0.0609. The van der Waals surface area contributed by atoms with E-state index < -0.39 is 15.7 Å². The second kappa shape index (κ2) is 4.82. The van der Waals surface area contributed by atoms with Gasteiger partial charge in [-0.3, -0.25) is 5.10 Å². The third-order valence-electron chi connectivity index (χ3n) is 3.18. The third-order valence-corrected chi connectivity index (χ3v) is 4.51. The zero-order valence-corrected chi connectivity index (χ0v) is 12.5. The maximum atomic E-state index is 14.3. The minimum Gasteiger partial charge on any atom is -0.278 e. The van der Waals surface area contributed by atoms with E-state index in [0.717, 1.165) is 12.3 Å². The normalized spacial score (nSPS) is 12.0. The molecule has 0 atom stereocenters. The van der Waals surface area contributed by atoms with E-state index in [0.29, 0.717) is 21.5 Å². The Morgan fingerprint density at radius 3 is 2.62 bits per heavy atom. The van der Waals surface area contributed by atoms with Crippen molar-refractivity contribution in [1.29, 1.82) is 0 Å². The first-order valence-electron chi connectivity index (χ1n) is 5.99. The van der Waals surface area contributed by atoms with E-state index >= 15 is 0 Å². The number of aromatic amines is 1. The molecule has 1 aromatic heterocycles. The van der Waals surface area contributed by atoms with Crippen LogP contribution in [0.25, 0.3) is 22.0 Å². The minimum absolute atomic E-state index is 0.0609.